The number of benzene rings is 2. The Labute approximate surface area is 184 Å². The van der Waals surface area contributed by atoms with Crippen molar-refractivity contribution in [2.75, 3.05) is 11.1 Å². The molecule has 0 unspecified atom stereocenters. The number of nitrogens with one attached hydrogen (secondary N) is 1. The number of aromatic nitrogens is 5. The third-order valence-electron chi connectivity index (χ3n) is 4.47. The average Bonchev–Trinajstić information content (AvgIpc) is 3.41. The van der Waals surface area contributed by atoms with Crippen LogP contribution in [0.1, 0.15) is 31.2 Å². The number of carbonyl (C=O) groups is 1. The molecule has 4 aromatic rings. The molecule has 0 radical (unpaired) electrons. The second kappa shape index (κ2) is 9.13. The van der Waals surface area contributed by atoms with E-state index in [0.29, 0.717) is 16.9 Å². The van der Waals surface area contributed by atoms with Gasteiger partial charge in [-0.15, -0.1) is 15.3 Å². The van der Waals surface area contributed by atoms with Gasteiger partial charge in [-0.3, -0.25) is 14.7 Å². The fraction of sp³-hybridized carbons (Fsp3) is 0.227. The number of hydrogen-bond donors (Lipinski definition) is 1. The molecule has 2 aromatic heterocycles. The molecule has 0 aliphatic heterocycles. The molecule has 1 amide bonds. The summed E-state index contributed by atoms with van der Waals surface area (Å²) in [6, 6.07) is 18.0. The first-order chi connectivity index (χ1) is 15.0. The highest BCUT2D eigenvalue weighted by molar-refractivity contribution is 7.99. The third kappa shape index (κ3) is 4.83. The van der Waals surface area contributed by atoms with E-state index in [4.69, 9.17) is 4.42 Å². The Kier molecular flexibility index (Phi) is 6.13. The van der Waals surface area contributed by atoms with Crippen LogP contribution in [0.15, 0.2) is 64.2 Å². The Hall–Kier alpha value is -3.46. The van der Waals surface area contributed by atoms with Gasteiger partial charge in [0.25, 0.3) is 0 Å². The molecular weight excluding hydrogens is 412 g/mol. The van der Waals surface area contributed by atoms with E-state index in [9.17, 15) is 4.79 Å². The number of anilines is 1. The summed E-state index contributed by atoms with van der Waals surface area (Å²) in [5.41, 5.74) is 3.03. The van der Waals surface area contributed by atoms with Crippen LogP contribution < -0.4 is 5.32 Å². The van der Waals surface area contributed by atoms with Crippen molar-refractivity contribution in [1.29, 1.82) is 0 Å². The second-order valence-corrected chi connectivity index (χ2v) is 8.22. The SMILES string of the molecule is Cc1ccc(-n2c(SCC(=O)Nc3nnc(C(C)C)o3)nnc2-c2ccccc2)cc1. The van der Waals surface area contributed by atoms with Gasteiger partial charge in [0, 0.05) is 17.2 Å². The summed E-state index contributed by atoms with van der Waals surface area (Å²) in [6.07, 6.45) is 0. The molecule has 4 rings (SSSR count). The van der Waals surface area contributed by atoms with E-state index in [-0.39, 0.29) is 23.6 Å². The van der Waals surface area contributed by atoms with Crippen molar-refractivity contribution in [2.24, 2.45) is 0 Å². The highest BCUT2D eigenvalue weighted by atomic mass is 32.2. The second-order valence-electron chi connectivity index (χ2n) is 7.28. The van der Waals surface area contributed by atoms with Gasteiger partial charge in [-0.2, -0.15) is 0 Å². The summed E-state index contributed by atoms with van der Waals surface area (Å²) < 4.78 is 7.39. The molecule has 0 atom stereocenters. The lowest BCUT2D eigenvalue weighted by Crippen LogP contribution is -2.15. The molecule has 0 saturated heterocycles. The Bertz CT molecular complexity index is 1170. The predicted molar refractivity (Wildman–Crippen MR) is 119 cm³/mol. The Morgan fingerprint density at radius 1 is 1.03 bits per heavy atom. The van der Waals surface area contributed by atoms with Crippen LogP contribution in [0.2, 0.25) is 0 Å². The first kappa shape index (κ1) is 20.8. The van der Waals surface area contributed by atoms with E-state index in [2.05, 4.69) is 25.7 Å². The zero-order chi connectivity index (χ0) is 21.8. The lowest BCUT2D eigenvalue weighted by atomic mass is 10.2. The normalized spacial score (nSPS) is 11.1. The molecule has 0 bridgehead atoms. The van der Waals surface area contributed by atoms with Gasteiger partial charge in [-0.25, -0.2) is 0 Å². The maximum absolute atomic E-state index is 12.4. The summed E-state index contributed by atoms with van der Waals surface area (Å²) in [6.45, 7) is 5.92. The lowest BCUT2D eigenvalue weighted by molar-refractivity contribution is -0.113. The summed E-state index contributed by atoms with van der Waals surface area (Å²) in [5, 5.41) is 19.8. The van der Waals surface area contributed by atoms with Crippen molar-refractivity contribution in [3.63, 3.8) is 0 Å². The van der Waals surface area contributed by atoms with Crippen molar-refractivity contribution < 1.29 is 9.21 Å². The molecule has 8 nitrogen and oxygen atoms in total. The zero-order valence-corrected chi connectivity index (χ0v) is 18.3. The summed E-state index contributed by atoms with van der Waals surface area (Å²) in [7, 11) is 0. The van der Waals surface area contributed by atoms with E-state index in [1.807, 2.05) is 79.9 Å². The molecule has 9 heteroatoms. The van der Waals surface area contributed by atoms with E-state index < -0.39 is 0 Å². The smallest absolute Gasteiger partial charge is 0.322 e. The van der Waals surface area contributed by atoms with E-state index in [1.165, 1.54) is 11.8 Å². The van der Waals surface area contributed by atoms with Gasteiger partial charge < -0.3 is 4.42 Å². The molecule has 31 heavy (non-hydrogen) atoms. The summed E-state index contributed by atoms with van der Waals surface area (Å²) in [4.78, 5) is 12.4. The summed E-state index contributed by atoms with van der Waals surface area (Å²) in [5.74, 6) is 1.15. The van der Waals surface area contributed by atoms with Gasteiger partial charge in [-0.05, 0) is 19.1 Å². The van der Waals surface area contributed by atoms with Crippen molar-refractivity contribution >= 4 is 23.7 Å². The van der Waals surface area contributed by atoms with Gasteiger partial charge in [0.2, 0.25) is 11.8 Å². The highest BCUT2D eigenvalue weighted by Crippen LogP contribution is 2.28. The molecule has 158 valence electrons. The van der Waals surface area contributed by atoms with E-state index in [1.54, 1.807) is 0 Å². The molecule has 2 aromatic carbocycles. The number of amides is 1. The van der Waals surface area contributed by atoms with Crippen LogP contribution >= 0.6 is 11.8 Å². The minimum Gasteiger partial charge on any atom is -0.408 e. The number of rotatable bonds is 7. The molecular formula is C22H22N6O2S. The fourth-order valence-corrected chi connectivity index (χ4v) is 3.62. The van der Waals surface area contributed by atoms with Crippen LogP contribution in [0.4, 0.5) is 6.01 Å². The first-order valence-corrected chi connectivity index (χ1v) is 10.8. The van der Waals surface area contributed by atoms with Crippen molar-refractivity contribution in [2.45, 2.75) is 31.8 Å². The molecule has 0 fully saturated rings. The van der Waals surface area contributed by atoms with E-state index in [0.717, 1.165) is 16.8 Å². The number of thioether (sulfide) groups is 1. The van der Waals surface area contributed by atoms with Crippen LogP contribution in [0.3, 0.4) is 0 Å². The van der Waals surface area contributed by atoms with Crippen LogP contribution in [0.5, 0.6) is 0 Å². The van der Waals surface area contributed by atoms with Gasteiger partial charge in [0.15, 0.2) is 11.0 Å². The van der Waals surface area contributed by atoms with Gasteiger partial charge >= 0.3 is 6.01 Å². The number of hydrogen-bond acceptors (Lipinski definition) is 7. The lowest BCUT2D eigenvalue weighted by Gasteiger charge is -2.10. The average molecular weight is 435 g/mol. The number of carbonyl (C=O) groups excluding carboxylic acids is 1. The van der Waals surface area contributed by atoms with Gasteiger partial charge in [0.1, 0.15) is 0 Å². The van der Waals surface area contributed by atoms with Crippen LogP contribution in [0, 0.1) is 6.92 Å². The Balaban J connectivity index is 1.55. The fourth-order valence-electron chi connectivity index (χ4n) is 2.87. The topological polar surface area (TPSA) is 98.7 Å². The molecule has 0 aliphatic carbocycles. The van der Waals surface area contributed by atoms with Crippen molar-refractivity contribution in [1.82, 2.24) is 25.0 Å². The van der Waals surface area contributed by atoms with E-state index >= 15 is 0 Å². The van der Waals surface area contributed by atoms with Gasteiger partial charge in [-0.1, -0.05) is 78.7 Å². The Morgan fingerprint density at radius 2 is 1.77 bits per heavy atom. The molecule has 0 saturated carbocycles. The minimum absolute atomic E-state index is 0.0944. The minimum atomic E-state index is -0.260. The third-order valence-corrected chi connectivity index (χ3v) is 5.40. The maximum atomic E-state index is 12.4. The first-order valence-electron chi connectivity index (χ1n) is 9.85. The summed E-state index contributed by atoms with van der Waals surface area (Å²) >= 11 is 1.29. The Morgan fingerprint density at radius 3 is 2.45 bits per heavy atom. The predicted octanol–water partition coefficient (Wildman–Crippen LogP) is 4.48. The van der Waals surface area contributed by atoms with Crippen molar-refractivity contribution in [3.05, 3.63) is 66.1 Å². The molecule has 0 spiro atoms. The van der Waals surface area contributed by atoms with Crippen molar-refractivity contribution in [3.8, 4) is 17.1 Å². The molecule has 0 aliphatic rings. The largest absolute Gasteiger partial charge is 0.408 e. The maximum Gasteiger partial charge on any atom is 0.322 e. The van der Waals surface area contributed by atoms with Gasteiger partial charge in [0.05, 0.1) is 5.75 Å². The van der Waals surface area contributed by atoms with Crippen LogP contribution in [-0.4, -0.2) is 36.6 Å². The highest BCUT2D eigenvalue weighted by Gasteiger charge is 2.18. The molecule has 1 N–H and O–H groups in total. The quantitative estimate of drug-likeness (QED) is 0.428. The zero-order valence-electron chi connectivity index (χ0n) is 17.4. The molecule has 2 heterocycles. The standard InChI is InChI=1S/C22H22N6O2S/c1-14(2)20-25-26-21(30-20)23-18(29)13-31-22-27-24-19(16-7-5-4-6-8-16)28(22)17-11-9-15(3)10-12-17/h4-12,14H,13H2,1-3H3,(H,23,26,29). The number of nitrogens with zero attached hydrogens (tertiary/aromatic N) is 5. The van der Waals surface area contributed by atoms with Crippen LogP contribution in [-0.2, 0) is 4.79 Å². The van der Waals surface area contributed by atoms with Crippen LogP contribution in [0.25, 0.3) is 17.1 Å². The number of aryl methyl sites for hydroxylation is 1. The monoisotopic (exact) mass is 434 g/mol.